The van der Waals surface area contributed by atoms with E-state index in [4.69, 9.17) is 9.84 Å². The van der Waals surface area contributed by atoms with Gasteiger partial charge in [0, 0.05) is 18.6 Å². The molecule has 4 rings (SSSR count). The van der Waals surface area contributed by atoms with E-state index in [0.717, 1.165) is 70.1 Å². The van der Waals surface area contributed by atoms with Crippen molar-refractivity contribution in [3.63, 3.8) is 0 Å². The third-order valence-corrected chi connectivity index (χ3v) is 7.32. The van der Waals surface area contributed by atoms with Gasteiger partial charge in [-0.15, -0.1) is 0 Å². The Kier molecular flexibility index (Phi) is 10.0. The molecular formula is C33H42O3. The van der Waals surface area contributed by atoms with E-state index in [1.165, 1.54) is 56.3 Å². The van der Waals surface area contributed by atoms with Gasteiger partial charge in [0.1, 0.15) is 5.75 Å². The summed E-state index contributed by atoms with van der Waals surface area (Å²) in [6.07, 6.45) is 11.4. The molecule has 0 heterocycles. The molecule has 0 unspecified atom stereocenters. The number of unbranched alkanes of at least 4 members (excludes halogenated alkanes) is 6. The summed E-state index contributed by atoms with van der Waals surface area (Å²) in [7, 11) is 0. The molecule has 0 spiro atoms. The smallest absolute Gasteiger partial charge is 0.130 e. The van der Waals surface area contributed by atoms with Crippen molar-refractivity contribution in [3.05, 3.63) is 65.7 Å². The number of hydrogen-bond acceptors (Lipinski definition) is 3. The Morgan fingerprint density at radius 3 is 2.03 bits per heavy atom. The van der Waals surface area contributed by atoms with Crippen LogP contribution < -0.4 is 4.74 Å². The molecule has 2 N–H and O–H groups in total. The molecule has 3 heteroatoms. The highest BCUT2D eigenvalue weighted by atomic mass is 16.5. The number of aliphatic hydroxyl groups excluding tert-OH is 2. The molecule has 0 bridgehead atoms. The molecule has 36 heavy (non-hydrogen) atoms. The minimum Gasteiger partial charge on any atom is -0.493 e. The average Bonchev–Trinajstić information content (AvgIpc) is 2.92. The Morgan fingerprint density at radius 2 is 1.28 bits per heavy atom. The van der Waals surface area contributed by atoms with Crippen molar-refractivity contribution in [2.24, 2.45) is 0 Å². The fourth-order valence-electron chi connectivity index (χ4n) is 5.37. The van der Waals surface area contributed by atoms with Gasteiger partial charge in [-0.05, 0) is 83.0 Å². The molecule has 0 atom stereocenters. The monoisotopic (exact) mass is 486 g/mol. The highest BCUT2D eigenvalue weighted by Gasteiger charge is 2.16. The molecule has 0 fully saturated rings. The lowest BCUT2D eigenvalue weighted by atomic mass is 9.90. The van der Waals surface area contributed by atoms with Gasteiger partial charge in [0.05, 0.1) is 6.61 Å². The first-order valence-corrected chi connectivity index (χ1v) is 14.0. The molecule has 192 valence electrons. The lowest BCUT2D eigenvalue weighted by Crippen LogP contribution is -2.02. The van der Waals surface area contributed by atoms with Crippen molar-refractivity contribution in [1.82, 2.24) is 0 Å². The van der Waals surface area contributed by atoms with Crippen LogP contribution in [0.1, 0.15) is 75.8 Å². The fraction of sp³-hybridized carbons (Fsp3) is 0.455. The van der Waals surface area contributed by atoms with Gasteiger partial charge >= 0.3 is 0 Å². The highest BCUT2D eigenvalue weighted by molar-refractivity contribution is 6.27. The Morgan fingerprint density at radius 1 is 0.611 bits per heavy atom. The lowest BCUT2D eigenvalue weighted by Gasteiger charge is -2.19. The third-order valence-electron chi connectivity index (χ3n) is 7.32. The second-order valence-corrected chi connectivity index (χ2v) is 10.0. The topological polar surface area (TPSA) is 49.7 Å². The number of aryl methyl sites for hydroxylation is 2. The molecule has 4 aromatic carbocycles. The third kappa shape index (κ3) is 6.19. The van der Waals surface area contributed by atoms with Gasteiger partial charge < -0.3 is 14.9 Å². The standard InChI is InChI=1S/C33H42O3/c1-2-3-12-23-36-33-26(14-7-5-11-22-35)18-20-30-28-19-17-25(13-6-4-10-21-34)24-31(28)27-15-8-9-16-29(27)32(30)33/h8-9,15-20,24,34-35H,2-7,10-14,21-23H2,1H3. The molecule has 0 aliphatic rings. The summed E-state index contributed by atoms with van der Waals surface area (Å²) >= 11 is 0. The van der Waals surface area contributed by atoms with E-state index in [1.54, 1.807) is 0 Å². The summed E-state index contributed by atoms with van der Waals surface area (Å²) in [5.74, 6) is 1.05. The van der Waals surface area contributed by atoms with E-state index >= 15 is 0 Å². The minimum absolute atomic E-state index is 0.262. The van der Waals surface area contributed by atoms with Crippen molar-refractivity contribution in [2.45, 2.75) is 77.6 Å². The van der Waals surface area contributed by atoms with Crippen molar-refractivity contribution < 1.29 is 14.9 Å². The molecule has 0 aliphatic carbocycles. The van der Waals surface area contributed by atoms with Crippen LogP contribution in [-0.2, 0) is 12.8 Å². The van der Waals surface area contributed by atoms with Gasteiger partial charge in [0.25, 0.3) is 0 Å². The zero-order chi connectivity index (χ0) is 25.2. The maximum Gasteiger partial charge on any atom is 0.130 e. The van der Waals surface area contributed by atoms with Crippen LogP contribution in [0.4, 0.5) is 0 Å². The van der Waals surface area contributed by atoms with E-state index < -0.39 is 0 Å². The average molecular weight is 487 g/mol. The van der Waals surface area contributed by atoms with Crippen molar-refractivity contribution in [3.8, 4) is 5.75 Å². The molecule has 4 aromatic rings. The number of hydrogen-bond donors (Lipinski definition) is 2. The molecule has 0 saturated carbocycles. The Balaban J connectivity index is 1.82. The van der Waals surface area contributed by atoms with Crippen LogP contribution in [0.2, 0.25) is 0 Å². The van der Waals surface area contributed by atoms with E-state index in [9.17, 15) is 5.11 Å². The number of aliphatic hydroxyl groups is 2. The van der Waals surface area contributed by atoms with Gasteiger partial charge in [0.2, 0.25) is 0 Å². The normalized spacial score (nSPS) is 11.6. The number of ether oxygens (including phenoxy) is 1. The summed E-state index contributed by atoms with van der Waals surface area (Å²) in [5, 5.41) is 25.9. The zero-order valence-electron chi connectivity index (χ0n) is 21.9. The van der Waals surface area contributed by atoms with Crippen molar-refractivity contribution >= 4 is 32.3 Å². The van der Waals surface area contributed by atoms with Gasteiger partial charge in [-0.2, -0.15) is 0 Å². The Bertz CT molecular complexity index is 1240. The first-order valence-electron chi connectivity index (χ1n) is 14.0. The van der Waals surface area contributed by atoms with Crippen molar-refractivity contribution in [1.29, 1.82) is 0 Å². The predicted molar refractivity (Wildman–Crippen MR) is 153 cm³/mol. The van der Waals surface area contributed by atoms with Crippen LogP contribution in [0.3, 0.4) is 0 Å². The highest BCUT2D eigenvalue weighted by Crippen LogP contribution is 2.42. The SMILES string of the molecule is CCCCCOc1c(CCCCCO)ccc2c3ccc(CCCCCO)cc3c3ccccc3c12. The second kappa shape index (κ2) is 13.6. The number of rotatable bonds is 15. The van der Waals surface area contributed by atoms with E-state index in [1.807, 2.05) is 0 Å². The Labute approximate surface area is 216 Å². The predicted octanol–water partition coefficient (Wildman–Crippen LogP) is 8.13. The maximum absolute atomic E-state index is 9.20. The fourth-order valence-corrected chi connectivity index (χ4v) is 5.37. The van der Waals surface area contributed by atoms with E-state index in [2.05, 4.69) is 61.5 Å². The van der Waals surface area contributed by atoms with Gasteiger partial charge in [-0.3, -0.25) is 0 Å². The van der Waals surface area contributed by atoms with Gasteiger partial charge in [0.15, 0.2) is 0 Å². The molecule has 0 saturated heterocycles. The number of benzene rings is 4. The largest absolute Gasteiger partial charge is 0.493 e. The Hall–Kier alpha value is -2.62. The molecular weight excluding hydrogens is 444 g/mol. The summed E-state index contributed by atoms with van der Waals surface area (Å²) < 4.78 is 6.60. The summed E-state index contributed by atoms with van der Waals surface area (Å²) in [6, 6.07) is 20.3. The first kappa shape index (κ1) is 26.4. The van der Waals surface area contributed by atoms with Crippen LogP contribution >= 0.6 is 0 Å². The van der Waals surface area contributed by atoms with Crippen LogP contribution in [0.25, 0.3) is 32.3 Å². The zero-order valence-corrected chi connectivity index (χ0v) is 21.9. The second-order valence-electron chi connectivity index (χ2n) is 10.0. The molecule has 3 nitrogen and oxygen atoms in total. The van der Waals surface area contributed by atoms with Crippen LogP contribution in [0.5, 0.6) is 5.75 Å². The molecule has 0 aliphatic heterocycles. The maximum atomic E-state index is 9.20. The van der Waals surface area contributed by atoms with Gasteiger partial charge in [-0.25, -0.2) is 0 Å². The van der Waals surface area contributed by atoms with Crippen LogP contribution in [0, 0.1) is 0 Å². The summed E-state index contributed by atoms with van der Waals surface area (Å²) in [4.78, 5) is 0. The lowest BCUT2D eigenvalue weighted by molar-refractivity contribution is 0.282. The van der Waals surface area contributed by atoms with Gasteiger partial charge in [-0.1, -0.05) is 87.2 Å². The quantitative estimate of drug-likeness (QED) is 0.132. The summed E-state index contributed by atoms with van der Waals surface area (Å²) in [6.45, 7) is 3.51. The molecule has 0 radical (unpaired) electrons. The van der Waals surface area contributed by atoms with E-state index in [-0.39, 0.29) is 13.2 Å². The minimum atomic E-state index is 0.262. The van der Waals surface area contributed by atoms with Crippen molar-refractivity contribution in [2.75, 3.05) is 19.8 Å². The van der Waals surface area contributed by atoms with Crippen LogP contribution in [0.15, 0.2) is 54.6 Å². The van der Waals surface area contributed by atoms with E-state index in [0.29, 0.717) is 0 Å². The number of fused-ring (bicyclic) bond motifs is 6. The first-order chi connectivity index (χ1) is 17.8. The van der Waals surface area contributed by atoms with Crippen LogP contribution in [-0.4, -0.2) is 30.0 Å². The molecule has 0 aromatic heterocycles. The molecule has 0 amide bonds. The summed E-state index contributed by atoms with van der Waals surface area (Å²) in [5.41, 5.74) is 2.64.